The molecule has 0 aliphatic heterocycles. The Bertz CT molecular complexity index is 898. The van der Waals surface area contributed by atoms with E-state index in [9.17, 15) is 14.9 Å². The lowest BCUT2D eigenvalue weighted by atomic mass is 10.2. The normalized spacial score (nSPS) is 10.8. The molecule has 1 aromatic carbocycles. The summed E-state index contributed by atoms with van der Waals surface area (Å²) in [6.07, 6.45) is 1.40. The second-order valence-electron chi connectivity index (χ2n) is 5.37. The van der Waals surface area contributed by atoms with Crippen LogP contribution in [0.4, 0.5) is 10.8 Å². The highest BCUT2D eigenvalue weighted by Crippen LogP contribution is 2.25. The second kappa shape index (κ2) is 9.50. The fourth-order valence-electron chi connectivity index (χ4n) is 2.30. The first kappa shape index (κ1) is 20.1. The first-order valence-corrected chi connectivity index (χ1v) is 9.26. The van der Waals surface area contributed by atoms with Crippen LogP contribution in [0.15, 0.2) is 35.2 Å². The van der Waals surface area contributed by atoms with Crippen molar-refractivity contribution in [3.63, 3.8) is 0 Å². The Hall–Kier alpha value is -3.18. The smallest absolute Gasteiger partial charge is 0.266 e. The third-order valence-corrected chi connectivity index (χ3v) is 4.41. The van der Waals surface area contributed by atoms with Gasteiger partial charge in [-0.25, -0.2) is 4.98 Å². The van der Waals surface area contributed by atoms with E-state index in [1.54, 1.807) is 29.6 Å². The molecule has 1 heterocycles. The maximum atomic E-state index is 12.5. The standard InChI is InChI=1S/C19H20N4O3S/c1-4-23(13(3)24)19-21-15(12-27-19)10-14(11-20)18(25)22-16-8-6-7-9-17(16)26-5-2/h6-10,12H,4-5H2,1-3H3,(H,22,25)/b14-10+. The fraction of sp³-hybridized carbons (Fsp3) is 0.263. The minimum absolute atomic E-state index is 0.0935. The number of rotatable bonds is 7. The van der Waals surface area contributed by atoms with Crippen LogP contribution >= 0.6 is 11.3 Å². The summed E-state index contributed by atoms with van der Waals surface area (Å²) in [5, 5.41) is 14.3. The number of nitriles is 1. The van der Waals surface area contributed by atoms with Gasteiger partial charge in [0.2, 0.25) is 5.91 Å². The number of ether oxygens (including phenoxy) is 1. The van der Waals surface area contributed by atoms with Crippen LogP contribution in [0.5, 0.6) is 5.75 Å². The van der Waals surface area contributed by atoms with E-state index in [-0.39, 0.29) is 11.5 Å². The van der Waals surface area contributed by atoms with Gasteiger partial charge in [0, 0.05) is 18.8 Å². The minimum atomic E-state index is -0.557. The second-order valence-corrected chi connectivity index (χ2v) is 6.21. The van der Waals surface area contributed by atoms with E-state index in [0.29, 0.717) is 35.4 Å². The summed E-state index contributed by atoms with van der Waals surface area (Å²) < 4.78 is 5.47. The van der Waals surface area contributed by atoms with Crippen LogP contribution in [0.1, 0.15) is 26.5 Å². The molecule has 0 spiro atoms. The molecular formula is C19H20N4O3S. The molecule has 27 heavy (non-hydrogen) atoms. The zero-order chi connectivity index (χ0) is 19.8. The van der Waals surface area contributed by atoms with Crippen molar-refractivity contribution < 1.29 is 14.3 Å². The zero-order valence-corrected chi connectivity index (χ0v) is 16.2. The Morgan fingerprint density at radius 1 is 1.37 bits per heavy atom. The largest absolute Gasteiger partial charge is 0.492 e. The number of nitrogens with zero attached hydrogens (tertiary/aromatic N) is 3. The fourth-order valence-corrected chi connectivity index (χ4v) is 3.19. The van der Waals surface area contributed by atoms with Gasteiger partial charge in [-0.1, -0.05) is 12.1 Å². The van der Waals surface area contributed by atoms with E-state index < -0.39 is 5.91 Å². The van der Waals surface area contributed by atoms with Crippen molar-refractivity contribution in [2.45, 2.75) is 20.8 Å². The highest BCUT2D eigenvalue weighted by Gasteiger charge is 2.15. The highest BCUT2D eigenvalue weighted by molar-refractivity contribution is 7.14. The molecule has 140 valence electrons. The van der Waals surface area contributed by atoms with Gasteiger partial charge in [-0.15, -0.1) is 11.3 Å². The molecule has 0 aliphatic carbocycles. The third kappa shape index (κ3) is 5.15. The Labute approximate surface area is 161 Å². The molecule has 2 amide bonds. The van der Waals surface area contributed by atoms with Crippen molar-refractivity contribution in [3.05, 3.63) is 40.9 Å². The summed E-state index contributed by atoms with van der Waals surface area (Å²) >= 11 is 1.28. The maximum Gasteiger partial charge on any atom is 0.266 e. The van der Waals surface area contributed by atoms with Gasteiger partial charge in [0.05, 0.1) is 18.0 Å². The summed E-state index contributed by atoms with van der Waals surface area (Å²) in [5.41, 5.74) is 0.835. The summed E-state index contributed by atoms with van der Waals surface area (Å²) in [6, 6.07) is 8.89. The molecule has 8 heteroatoms. The number of anilines is 2. The minimum Gasteiger partial charge on any atom is -0.492 e. The van der Waals surface area contributed by atoms with Crippen LogP contribution in [0.3, 0.4) is 0 Å². The van der Waals surface area contributed by atoms with Crippen molar-refractivity contribution in [1.82, 2.24) is 4.98 Å². The van der Waals surface area contributed by atoms with Crippen LogP contribution in [0.25, 0.3) is 6.08 Å². The maximum absolute atomic E-state index is 12.5. The number of carbonyl (C=O) groups is 2. The van der Waals surface area contributed by atoms with Crippen molar-refractivity contribution in [2.24, 2.45) is 0 Å². The number of thiazole rings is 1. The first-order valence-electron chi connectivity index (χ1n) is 8.38. The molecule has 0 atom stereocenters. The lowest BCUT2D eigenvalue weighted by molar-refractivity contribution is -0.116. The quantitative estimate of drug-likeness (QED) is 0.583. The predicted octanol–water partition coefficient (Wildman–Crippen LogP) is 3.46. The average Bonchev–Trinajstić information content (AvgIpc) is 3.10. The molecule has 1 aromatic heterocycles. The van der Waals surface area contributed by atoms with Crippen LogP contribution in [0.2, 0.25) is 0 Å². The summed E-state index contributed by atoms with van der Waals surface area (Å²) in [4.78, 5) is 29.9. The van der Waals surface area contributed by atoms with Crippen LogP contribution in [-0.2, 0) is 9.59 Å². The first-order chi connectivity index (χ1) is 13.0. The molecule has 0 radical (unpaired) electrons. The van der Waals surface area contributed by atoms with Crippen LogP contribution in [0, 0.1) is 11.3 Å². The van der Waals surface area contributed by atoms with Gasteiger partial charge in [0.1, 0.15) is 17.4 Å². The van der Waals surface area contributed by atoms with E-state index in [0.717, 1.165) is 0 Å². The van der Waals surface area contributed by atoms with E-state index in [2.05, 4.69) is 10.3 Å². The van der Waals surface area contributed by atoms with E-state index in [1.807, 2.05) is 19.9 Å². The van der Waals surface area contributed by atoms with Crippen molar-refractivity contribution in [3.8, 4) is 11.8 Å². The Kier molecular flexibility index (Phi) is 7.08. The number of hydrogen-bond donors (Lipinski definition) is 1. The van der Waals surface area contributed by atoms with Gasteiger partial charge in [-0.2, -0.15) is 5.26 Å². The Morgan fingerprint density at radius 3 is 2.74 bits per heavy atom. The molecule has 0 unspecified atom stereocenters. The molecule has 0 bridgehead atoms. The van der Waals surface area contributed by atoms with Crippen LogP contribution < -0.4 is 15.0 Å². The Morgan fingerprint density at radius 2 is 2.11 bits per heavy atom. The number of hydrogen-bond acceptors (Lipinski definition) is 6. The van der Waals surface area contributed by atoms with E-state index in [4.69, 9.17) is 4.74 Å². The van der Waals surface area contributed by atoms with Crippen molar-refractivity contribution in [2.75, 3.05) is 23.4 Å². The monoisotopic (exact) mass is 384 g/mol. The highest BCUT2D eigenvalue weighted by atomic mass is 32.1. The molecule has 2 aromatic rings. The summed E-state index contributed by atoms with van der Waals surface area (Å²) in [6.45, 7) is 6.11. The summed E-state index contributed by atoms with van der Waals surface area (Å²) in [7, 11) is 0. The van der Waals surface area contributed by atoms with Crippen molar-refractivity contribution >= 4 is 40.0 Å². The molecule has 0 aliphatic rings. The number of amides is 2. The van der Waals surface area contributed by atoms with Crippen molar-refractivity contribution in [1.29, 1.82) is 5.26 Å². The number of benzene rings is 1. The molecule has 1 N–H and O–H groups in total. The predicted molar refractivity (Wildman–Crippen MR) is 106 cm³/mol. The van der Waals surface area contributed by atoms with Gasteiger partial charge >= 0.3 is 0 Å². The van der Waals surface area contributed by atoms with E-state index in [1.165, 1.54) is 29.2 Å². The molecule has 0 saturated heterocycles. The number of para-hydroxylation sites is 2. The average molecular weight is 384 g/mol. The van der Waals surface area contributed by atoms with Gasteiger partial charge in [-0.05, 0) is 32.1 Å². The van der Waals surface area contributed by atoms with Gasteiger partial charge in [-0.3, -0.25) is 14.5 Å². The van der Waals surface area contributed by atoms with E-state index >= 15 is 0 Å². The molecular weight excluding hydrogens is 364 g/mol. The SMILES string of the molecule is CCOc1ccccc1NC(=O)/C(C#N)=C/c1csc(N(CC)C(C)=O)n1. The lowest BCUT2D eigenvalue weighted by Crippen LogP contribution is -2.27. The topological polar surface area (TPSA) is 95.3 Å². The molecule has 2 rings (SSSR count). The van der Waals surface area contributed by atoms with Crippen LogP contribution in [-0.4, -0.2) is 29.9 Å². The third-order valence-electron chi connectivity index (χ3n) is 3.53. The van der Waals surface area contributed by atoms with Gasteiger partial charge in [0.25, 0.3) is 5.91 Å². The Balaban J connectivity index is 2.22. The number of aromatic nitrogens is 1. The summed E-state index contributed by atoms with van der Waals surface area (Å²) in [5.74, 6) is -0.145. The molecule has 0 saturated carbocycles. The van der Waals surface area contributed by atoms with Gasteiger partial charge < -0.3 is 10.1 Å². The van der Waals surface area contributed by atoms with Gasteiger partial charge in [0.15, 0.2) is 5.13 Å². The number of nitrogens with one attached hydrogen (secondary N) is 1. The molecule has 0 fully saturated rings. The molecule has 7 nitrogen and oxygen atoms in total. The zero-order valence-electron chi connectivity index (χ0n) is 15.4. The lowest BCUT2D eigenvalue weighted by Gasteiger charge is -2.14. The number of carbonyl (C=O) groups excluding carboxylic acids is 2.